The van der Waals surface area contributed by atoms with Gasteiger partial charge >= 0.3 is 0 Å². The number of anilines is 1. The van der Waals surface area contributed by atoms with Gasteiger partial charge in [0.1, 0.15) is 0 Å². The Labute approximate surface area is 103 Å². The molecule has 1 aliphatic heterocycles. The van der Waals surface area contributed by atoms with Gasteiger partial charge < -0.3 is 16.4 Å². The first-order valence-corrected chi connectivity index (χ1v) is 5.56. The third-order valence-corrected chi connectivity index (χ3v) is 2.81. The zero-order valence-corrected chi connectivity index (χ0v) is 9.75. The van der Waals surface area contributed by atoms with Gasteiger partial charge in [-0.2, -0.15) is 0 Å². The van der Waals surface area contributed by atoms with Crippen LogP contribution in [0.2, 0.25) is 5.02 Å². The average molecular weight is 254 g/mol. The van der Waals surface area contributed by atoms with Crippen molar-refractivity contribution in [2.75, 3.05) is 12.3 Å². The lowest BCUT2D eigenvalue weighted by molar-refractivity contribution is -0.119. The van der Waals surface area contributed by atoms with Crippen molar-refractivity contribution >= 4 is 29.1 Å². The second kappa shape index (κ2) is 4.63. The van der Waals surface area contributed by atoms with E-state index in [4.69, 9.17) is 17.3 Å². The highest BCUT2D eigenvalue weighted by molar-refractivity contribution is 6.31. The van der Waals surface area contributed by atoms with Crippen LogP contribution in [0.3, 0.4) is 0 Å². The average Bonchev–Trinajstić information content (AvgIpc) is 2.67. The van der Waals surface area contributed by atoms with Gasteiger partial charge in [-0.25, -0.2) is 0 Å². The number of benzene rings is 1. The molecule has 1 atom stereocenters. The molecule has 0 radical (unpaired) electrons. The minimum absolute atomic E-state index is 0.0608. The highest BCUT2D eigenvalue weighted by Gasteiger charge is 2.23. The molecule has 5 nitrogen and oxygen atoms in total. The molecule has 0 saturated carbocycles. The van der Waals surface area contributed by atoms with Gasteiger partial charge in [-0.05, 0) is 18.2 Å². The Balaban J connectivity index is 2.09. The first-order chi connectivity index (χ1) is 8.06. The highest BCUT2D eigenvalue weighted by atomic mass is 35.5. The monoisotopic (exact) mass is 253 g/mol. The van der Waals surface area contributed by atoms with Gasteiger partial charge in [0.25, 0.3) is 5.91 Å². The van der Waals surface area contributed by atoms with E-state index < -0.39 is 0 Å². The lowest BCUT2D eigenvalue weighted by Gasteiger charge is -2.11. The standard InChI is InChI=1S/C11H12ClN3O2/c12-6-1-2-9(13)8(3-6)11(17)15-7-4-10(16)14-5-7/h1-3,7H,4-5,13H2,(H,14,16)(H,15,17). The smallest absolute Gasteiger partial charge is 0.253 e. The first-order valence-electron chi connectivity index (χ1n) is 5.19. The number of hydrogen-bond acceptors (Lipinski definition) is 3. The summed E-state index contributed by atoms with van der Waals surface area (Å²) in [6, 6.07) is 4.52. The van der Waals surface area contributed by atoms with Crippen molar-refractivity contribution in [3.05, 3.63) is 28.8 Å². The summed E-state index contributed by atoms with van der Waals surface area (Å²) in [5, 5.41) is 5.82. The quantitative estimate of drug-likeness (QED) is 0.673. The number of amides is 2. The van der Waals surface area contributed by atoms with E-state index >= 15 is 0 Å². The fourth-order valence-corrected chi connectivity index (χ4v) is 1.87. The number of hydrogen-bond donors (Lipinski definition) is 3. The van der Waals surface area contributed by atoms with Gasteiger partial charge in [-0.15, -0.1) is 0 Å². The molecule has 2 amide bonds. The van der Waals surface area contributed by atoms with Crippen LogP contribution < -0.4 is 16.4 Å². The molecule has 17 heavy (non-hydrogen) atoms. The summed E-state index contributed by atoms with van der Waals surface area (Å²) in [5.74, 6) is -0.374. The molecule has 1 fully saturated rings. The summed E-state index contributed by atoms with van der Waals surface area (Å²) in [4.78, 5) is 22.9. The molecule has 4 N–H and O–H groups in total. The van der Waals surface area contributed by atoms with Crippen molar-refractivity contribution in [1.82, 2.24) is 10.6 Å². The molecule has 0 aromatic heterocycles. The second-order valence-corrected chi connectivity index (χ2v) is 4.35. The van der Waals surface area contributed by atoms with E-state index in [0.29, 0.717) is 29.2 Å². The summed E-state index contributed by atoms with van der Waals surface area (Å²) < 4.78 is 0. The molecule has 1 saturated heterocycles. The molecule has 90 valence electrons. The summed E-state index contributed by atoms with van der Waals surface area (Å²) in [7, 11) is 0. The Morgan fingerprint density at radius 2 is 2.29 bits per heavy atom. The van der Waals surface area contributed by atoms with Gasteiger partial charge in [0.05, 0.1) is 11.6 Å². The predicted molar refractivity (Wildman–Crippen MR) is 64.7 cm³/mol. The van der Waals surface area contributed by atoms with Crippen molar-refractivity contribution in [3.63, 3.8) is 0 Å². The van der Waals surface area contributed by atoms with E-state index in [2.05, 4.69) is 10.6 Å². The number of carbonyl (C=O) groups is 2. The van der Waals surface area contributed by atoms with Gasteiger partial charge in [-0.3, -0.25) is 9.59 Å². The summed E-state index contributed by atoms with van der Waals surface area (Å²) in [6.45, 7) is 0.449. The van der Waals surface area contributed by atoms with Crippen LogP contribution in [0.5, 0.6) is 0 Å². The maximum Gasteiger partial charge on any atom is 0.253 e. The zero-order chi connectivity index (χ0) is 12.4. The van der Waals surface area contributed by atoms with Crippen molar-refractivity contribution < 1.29 is 9.59 Å². The number of nitrogen functional groups attached to an aromatic ring is 1. The molecule has 1 aromatic rings. The molecule has 0 bridgehead atoms. The largest absolute Gasteiger partial charge is 0.398 e. The second-order valence-electron chi connectivity index (χ2n) is 3.91. The van der Waals surface area contributed by atoms with Crippen molar-refractivity contribution in [3.8, 4) is 0 Å². The minimum Gasteiger partial charge on any atom is -0.398 e. The predicted octanol–water partition coefficient (Wildman–Crippen LogP) is 0.540. The van der Waals surface area contributed by atoms with Crippen molar-refractivity contribution in [2.45, 2.75) is 12.5 Å². The number of halogens is 1. The number of nitrogens with one attached hydrogen (secondary N) is 2. The van der Waals surface area contributed by atoms with E-state index in [-0.39, 0.29) is 17.9 Å². The Morgan fingerprint density at radius 3 is 2.94 bits per heavy atom. The molecular weight excluding hydrogens is 242 g/mol. The molecule has 2 rings (SSSR count). The third kappa shape index (κ3) is 2.68. The van der Waals surface area contributed by atoms with E-state index in [9.17, 15) is 9.59 Å². The molecule has 1 unspecified atom stereocenters. The fourth-order valence-electron chi connectivity index (χ4n) is 1.70. The van der Waals surface area contributed by atoms with Gasteiger partial charge in [0, 0.05) is 23.7 Å². The topological polar surface area (TPSA) is 84.2 Å². The normalized spacial score (nSPS) is 18.9. The van der Waals surface area contributed by atoms with Gasteiger partial charge in [-0.1, -0.05) is 11.6 Å². The first kappa shape index (κ1) is 11.7. The molecule has 0 aliphatic carbocycles. The lowest BCUT2D eigenvalue weighted by atomic mass is 10.1. The van der Waals surface area contributed by atoms with Crippen LogP contribution in [-0.2, 0) is 4.79 Å². The maximum atomic E-state index is 11.9. The SMILES string of the molecule is Nc1ccc(Cl)cc1C(=O)NC1CNC(=O)C1. The Morgan fingerprint density at radius 1 is 1.53 bits per heavy atom. The number of carbonyl (C=O) groups excluding carboxylic acids is 2. The Kier molecular flexibility index (Phi) is 3.19. The Hall–Kier alpha value is -1.75. The number of nitrogens with two attached hydrogens (primary N) is 1. The van der Waals surface area contributed by atoms with Crippen LogP contribution in [0.4, 0.5) is 5.69 Å². The number of rotatable bonds is 2. The van der Waals surface area contributed by atoms with E-state index in [0.717, 1.165) is 0 Å². The molecule has 1 aromatic carbocycles. The fraction of sp³-hybridized carbons (Fsp3) is 0.273. The Bertz CT molecular complexity index is 476. The summed E-state index contributed by atoms with van der Waals surface area (Å²) in [6.07, 6.45) is 0.298. The summed E-state index contributed by atoms with van der Waals surface area (Å²) in [5.41, 5.74) is 6.39. The van der Waals surface area contributed by atoms with Crippen molar-refractivity contribution in [2.24, 2.45) is 0 Å². The molecule has 1 heterocycles. The van der Waals surface area contributed by atoms with Crippen LogP contribution in [0.15, 0.2) is 18.2 Å². The van der Waals surface area contributed by atoms with Crippen LogP contribution in [0, 0.1) is 0 Å². The van der Waals surface area contributed by atoms with Crippen molar-refractivity contribution in [1.29, 1.82) is 0 Å². The zero-order valence-electron chi connectivity index (χ0n) is 9.00. The maximum absolute atomic E-state index is 11.9. The molecule has 0 spiro atoms. The lowest BCUT2D eigenvalue weighted by Crippen LogP contribution is -2.36. The van der Waals surface area contributed by atoms with Crippen LogP contribution in [-0.4, -0.2) is 24.4 Å². The molecule has 6 heteroatoms. The van der Waals surface area contributed by atoms with E-state index in [1.807, 2.05) is 0 Å². The van der Waals surface area contributed by atoms with E-state index in [1.54, 1.807) is 12.1 Å². The van der Waals surface area contributed by atoms with Crippen LogP contribution in [0.1, 0.15) is 16.8 Å². The van der Waals surface area contributed by atoms with Gasteiger partial charge in [0.2, 0.25) is 5.91 Å². The summed E-state index contributed by atoms with van der Waals surface area (Å²) >= 11 is 5.80. The third-order valence-electron chi connectivity index (χ3n) is 2.57. The van der Waals surface area contributed by atoms with Crippen LogP contribution in [0.25, 0.3) is 0 Å². The van der Waals surface area contributed by atoms with E-state index in [1.165, 1.54) is 6.07 Å². The minimum atomic E-state index is -0.313. The van der Waals surface area contributed by atoms with Crippen LogP contribution >= 0.6 is 11.6 Å². The van der Waals surface area contributed by atoms with Gasteiger partial charge in [0.15, 0.2) is 0 Å². The molecular formula is C11H12ClN3O2. The highest BCUT2D eigenvalue weighted by Crippen LogP contribution is 2.18. The molecule has 1 aliphatic rings.